The largest absolute Gasteiger partial charge is 0.453 e. The van der Waals surface area contributed by atoms with Crippen molar-refractivity contribution in [1.29, 1.82) is 0 Å². The van der Waals surface area contributed by atoms with Crippen molar-refractivity contribution >= 4 is 23.1 Å². The molecule has 1 unspecified atom stereocenters. The van der Waals surface area contributed by atoms with E-state index in [9.17, 15) is 31.1 Å². The molecule has 0 radical (unpaired) electrons. The lowest BCUT2D eigenvalue weighted by Gasteiger charge is -2.32. The normalized spacial score (nSPS) is 17.6. The second kappa shape index (κ2) is 7.95. The number of nitrogens with zero attached hydrogens (tertiary/aromatic N) is 5. The van der Waals surface area contributed by atoms with Crippen LogP contribution < -0.4 is 10.2 Å². The number of carbonyl (C=O) groups is 1. The Morgan fingerprint density at radius 1 is 0.969 bits per heavy atom. The molecule has 1 aromatic carbocycles. The number of nitrogens with one attached hydrogen (secondary N) is 1. The van der Waals surface area contributed by atoms with Gasteiger partial charge in [0.1, 0.15) is 5.82 Å². The number of carbonyl (C=O) groups excluding carboxylic acids is 1. The summed E-state index contributed by atoms with van der Waals surface area (Å²) in [5.41, 5.74) is -0.665. The van der Waals surface area contributed by atoms with Crippen molar-refractivity contribution in [2.45, 2.75) is 25.2 Å². The van der Waals surface area contributed by atoms with E-state index in [0.717, 1.165) is 12.1 Å². The van der Waals surface area contributed by atoms with Crippen LogP contribution >= 0.6 is 0 Å². The first-order valence-electron chi connectivity index (χ1n) is 9.55. The van der Waals surface area contributed by atoms with Gasteiger partial charge in [-0.15, -0.1) is 15.3 Å². The molecule has 170 valence electrons. The topological polar surface area (TPSA) is 75.4 Å². The number of piperidine rings is 1. The number of hydrogen-bond acceptors (Lipinski definition) is 5. The summed E-state index contributed by atoms with van der Waals surface area (Å²) >= 11 is 0. The molecular weight excluding hydrogens is 442 g/mol. The van der Waals surface area contributed by atoms with Gasteiger partial charge in [-0.05, 0) is 49.2 Å². The molecule has 13 heteroatoms. The van der Waals surface area contributed by atoms with Crippen LogP contribution in [0.2, 0.25) is 0 Å². The fraction of sp³-hybridized carbons (Fsp3) is 0.368. The molecule has 1 N–H and O–H groups in total. The van der Waals surface area contributed by atoms with Gasteiger partial charge in [0.2, 0.25) is 5.91 Å². The standard InChI is InChI=1S/C19H16F6N6O/c20-18(21,22)12-3-5-13(6-4-12)26-16(32)11-2-1-9-30(10-11)15-8-7-14-27-28-17(19(23,24)25)31(14)29-15/h3-8,11H,1-2,9-10H2,(H,26,32). The molecule has 1 fully saturated rings. The van der Waals surface area contributed by atoms with Crippen LogP contribution in [0.15, 0.2) is 36.4 Å². The molecule has 7 nitrogen and oxygen atoms in total. The molecule has 0 spiro atoms. The zero-order valence-electron chi connectivity index (χ0n) is 16.3. The minimum Gasteiger partial charge on any atom is -0.354 e. The van der Waals surface area contributed by atoms with Crippen LogP contribution in [0.1, 0.15) is 24.2 Å². The molecule has 0 aliphatic carbocycles. The van der Waals surface area contributed by atoms with E-state index in [1.54, 1.807) is 4.90 Å². The van der Waals surface area contributed by atoms with Crippen LogP contribution in [0.25, 0.3) is 5.65 Å². The molecule has 1 saturated heterocycles. The van der Waals surface area contributed by atoms with Gasteiger partial charge in [-0.2, -0.15) is 30.9 Å². The number of benzene rings is 1. The lowest BCUT2D eigenvalue weighted by Crippen LogP contribution is -2.41. The summed E-state index contributed by atoms with van der Waals surface area (Å²) < 4.78 is 77.9. The van der Waals surface area contributed by atoms with Gasteiger partial charge in [-0.25, -0.2) is 0 Å². The van der Waals surface area contributed by atoms with Crippen molar-refractivity contribution in [3.05, 3.63) is 47.8 Å². The number of rotatable bonds is 3. The van der Waals surface area contributed by atoms with E-state index in [2.05, 4.69) is 20.6 Å². The molecule has 1 atom stereocenters. The zero-order chi connectivity index (χ0) is 23.1. The summed E-state index contributed by atoms with van der Waals surface area (Å²) in [5, 5.41) is 13.2. The number of amides is 1. The molecule has 3 heterocycles. The van der Waals surface area contributed by atoms with Crippen molar-refractivity contribution in [2.75, 3.05) is 23.3 Å². The maximum atomic E-state index is 13.1. The van der Waals surface area contributed by atoms with Crippen LogP contribution in [0.4, 0.5) is 37.8 Å². The highest BCUT2D eigenvalue weighted by atomic mass is 19.4. The van der Waals surface area contributed by atoms with E-state index >= 15 is 0 Å². The summed E-state index contributed by atoms with van der Waals surface area (Å²) in [7, 11) is 0. The number of fused-ring (bicyclic) bond motifs is 1. The van der Waals surface area contributed by atoms with E-state index in [0.29, 0.717) is 23.9 Å². The van der Waals surface area contributed by atoms with E-state index < -0.39 is 35.6 Å². The van der Waals surface area contributed by atoms with E-state index in [1.165, 1.54) is 24.3 Å². The summed E-state index contributed by atoms with van der Waals surface area (Å²) in [4.78, 5) is 14.3. The third kappa shape index (κ3) is 4.46. The average molecular weight is 458 g/mol. The SMILES string of the molecule is O=C(Nc1ccc(C(F)(F)F)cc1)C1CCCN(c2ccc3nnc(C(F)(F)F)n3n2)C1. The fourth-order valence-electron chi connectivity index (χ4n) is 3.51. The highest BCUT2D eigenvalue weighted by molar-refractivity contribution is 5.93. The molecule has 2 aromatic heterocycles. The zero-order valence-corrected chi connectivity index (χ0v) is 16.3. The molecular formula is C19H16F6N6O. The Labute approximate surface area is 177 Å². The van der Waals surface area contributed by atoms with Crippen molar-refractivity contribution in [3.8, 4) is 0 Å². The number of hydrogen-bond donors (Lipinski definition) is 1. The van der Waals surface area contributed by atoms with E-state index in [-0.39, 0.29) is 23.7 Å². The molecule has 1 aliphatic heterocycles. The summed E-state index contributed by atoms with van der Waals surface area (Å²) in [6.07, 6.45) is -8.10. The number of anilines is 2. The van der Waals surface area contributed by atoms with Crippen LogP contribution in [0.3, 0.4) is 0 Å². The third-order valence-corrected chi connectivity index (χ3v) is 5.10. The first-order valence-corrected chi connectivity index (χ1v) is 9.55. The van der Waals surface area contributed by atoms with Gasteiger partial charge >= 0.3 is 12.4 Å². The Morgan fingerprint density at radius 2 is 1.69 bits per heavy atom. The van der Waals surface area contributed by atoms with Crippen LogP contribution in [0, 0.1) is 5.92 Å². The highest BCUT2D eigenvalue weighted by Crippen LogP contribution is 2.31. The lowest BCUT2D eigenvalue weighted by molar-refractivity contribution is -0.146. The second-order valence-corrected chi connectivity index (χ2v) is 7.33. The van der Waals surface area contributed by atoms with Crippen molar-refractivity contribution in [1.82, 2.24) is 19.8 Å². The second-order valence-electron chi connectivity index (χ2n) is 7.33. The number of halogens is 6. The Kier molecular flexibility index (Phi) is 5.42. The van der Waals surface area contributed by atoms with Gasteiger partial charge in [-0.3, -0.25) is 4.79 Å². The van der Waals surface area contributed by atoms with Crippen molar-refractivity contribution < 1.29 is 31.1 Å². The smallest absolute Gasteiger partial charge is 0.354 e. The molecule has 4 rings (SSSR count). The molecule has 3 aromatic rings. The Morgan fingerprint density at radius 3 is 2.34 bits per heavy atom. The quantitative estimate of drug-likeness (QED) is 0.601. The van der Waals surface area contributed by atoms with Crippen molar-refractivity contribution in [2.24, 2.45) is 5.92 Å². The number of alkyl halides is 6. The molecule has 1 aliphatic rings. The van der Waals surface area contributed by atoms with Gasteiger partial charge in [0.15, 0.2) is 5.65 Å². The molecule has 0 bridgehead atoms. The highest BCUT2D eigenvalue weighted by Gasteiger charge is 2.38. The van der Waals surface area contributed by atoms with Crippen LogP contribution in [0.5, 0.6) is 0 Å². The fourth-order valence-corrected chi connectivity index (χ4v) is 3.51. The Balaban J connectivity index is 1.48. The third-order valence-electron chi connectivity index (χ3n) is 5.10. The van der Waals surface area contributed by atoms with Gasteiger partial charge in [0.25, 0.3) is 5.82 Å². The minimum atomic E-state index is -4.73. The average Bonchev–Trinajstić information content (AvgIpc) is 3.17. The van der Waals surface area contributed by atoms with Gasteiger partial charge in [0.05, 0.1) is 11.5 Å². The Bertz CT molecular complexity index is 1120. The molecule has 0 saturated carbocycles. The predicted molar refractivity (Wildman–Crippen MR) is 101 cm³/mol. The first-order chi connectivity index (χ1) is 15.0. The van der Waals surface area contributed by atoms with E-state index in [4.69, 9.17) is 0 Å². The first kappa shape index (κ1) is 21.8. The number of aromatic nitrogens is 4. The summed E-state index contributed by atoms with van der Waals surface area (Å²) in [6.45, 7) is 0.667. The molecule has 1 amide bonds. The maximum Gasteiger partial charge on any atom is 0.453 e. The Hall–Kier alpha value is -3.38. The maximum absolute atomic E-state index is 13.1. The van der Waals surface area contributed by atoms with Crippen LogP contribution in [-0.2, 0) is 17.1 Å². The van der Waals surface area contributed by atoms with Gasteiger partial charge in [0, 0.05) is 18.8 Å². The van der Waals surface area contributed by atoms with E-state index in [1.807, 2.05) is 0 Å². The monoisotopic (exact) mass is 458 g/mol. The summed E-state index contributed by atoms with van der Waals surface area (Å²) in [5.74, 6) is -1.93. The summed E-state index contributed by atoms with van der Waals surface area (Å²) in [6, 6.07) is 6.94. The van der Waals surface area contributed by atoms with Crippen molar-refractivity contribution in [3.63, 3.8) is 0 Å². The van der Waals surface area contributed by atoms with Crippen LogP contribution in [-0.4, -0.2) is 38.8 Å². The lowest BCUT2D eigenvalue weighted by atomic mass is 9.97. The molecule has 32 heavy (non-hydrogen) atoms. The predicted octanol–water partition coefficient (Wildman–Crippen LogP) is 4.02. The van der Waals surface area contributed by atoms with Gasteiger partial charge in [-0.1, -0.05) is 0 Å². The minimum absolute atomic E-state index is 0.0605. The van der Waals surface area contributed by atoms with Gasteiger partial charge < -0.3 is 10.2 Å².